The van der Waals surface area contributed by atoms with Gasteiger partial charge in [-0.2, -0.15) is 0 Å². The number of nitrogens with zero attached hydrogens (tertiary/aromatic N) is 5. The number of ketones is 1. The van der Waals surface area contributed by atoms with Crippen molar-refractivity contribution in [2.24, 2.45) is 0 Å². The summed E-state index contributed by atoms with van der Waals surface area (Å²) < 4.78 is 30.4. The van der Waals surface area contributed by atoms with Gasteiger partial charge in [0.25, 0.3) is 0 Å². The van der Waals surface area contributed by atoms with Gasteiger partial charge in [0.1, 0.15) is 23.5 Å². The van der Waals surface area contributed by atoms with E-state index in [1.54, 1.807) is 44.6 Å². The van der Waals surface area contributed by atoms with E-state index in [1.807, 2.05) is 6.07 Å². The average molecular weight is 494 g/mol. The number of sulfone groups is 1. The zero-order chi connectivity index (χ0) is 24.6. The first-order valence-corrected chi connectivity index (χ1v) is 13.4. The van der Waals surface area contributed by atoms with Crippen molar-refractivity contribution in [2.75, 3.05) is 0 Å². The first-order valence-electron chi connectivity index (χ1n) is 11.7. The second-order valence-electron chi connectivity index (χ2n) is 9.69. The van der Waals surface area contributed by atoms with Crippen molar-refractivity contribution in [3.05, 3.63) is 60.2 Å². The van der Waals surface area contributed by atoms with Crippen molar-refractivity contribution in [1.29, 1.82) is 0 Å². The van der Waals surface area contributed by atoms with Crippen LogP contribution in [0.25, 0.3) is 11.3 Å². The number of aromatic nitrogens is 5. The molecule has 0 spiro atoms. The Bertz CT molecular complexity index is 1350. The molecule has 2 aliphatic rings. The van der Waals surface area contributed by atoms with E-state index >= 15 is 0 Å². The van der Waals surface area contributed by atoms with Crippen molar-refractivity contribution in [2.45, 2.75) is 68.5 Å². The first kappa shape index (κ1) is 23.5. The minimum Gasteiger partial charge on any atom is -0.473 e. The third kappa shape index (κ3) is 5.53. The lowest BCUT2D eigenvalue weighted by Gasteiger charge is -2.22. The number of carbonyl (C=O) groups is 1. The number of hydrogen-bond acceptors (Lipinski definition) is 9. The minimum atomic E-state index is -3.24. The van der Waals surface area contributed by atoms with E-state index in [-0.39, 0.29) is 35.1 Å². The molecular weight excluding hydrogens is 466 g/mol. The molecule has 2 saturated carbocycles. The highest BCUT2D eigenvalue weighted by molar-refractivity contribution is 7.91. The summed E-state index contributed by atoms with van der Waals surface area (Å²) in [7, 11) is -3.24. The fraction of sp³-hybridized carbons (Fsp3) is 0.440. The van der Waals surface area contributed by atoms with Gasteiger partial charge in [-0.05, 0) is 57.7 Å². The van der Waals surface area contributed by atoms with Crippen molar-refractivity contribution in [1.82, 2.24) is 24.9 Å². The van der Waals surface area contributed by atoms with Crippen LogP contribution in [0.2, 0.25) is 0 Å². The van der Waals surface area contributed by atoms with Crippen LogP contribution < -0.4 is 4.74 Å². The van der Waals surface area contributed by atoms with Gasteiger partial charge in [-0.15, -0.1) is 0 Å². The lowest BCUT2D eigenvalue weighted by atomic mass is 9.82. The first-order chi connectivity index (χ1) is 16.7. The molecule has 2 aliphatic carbocycles. The number of hydrogen-bond donors (Lipinski definition) is 0. The quantitative estimate of drug-likeness (QED) is 0.419. The molecule has 0 N–H and O–H groups in total. The van der Waals surface area contributed by atoms with Gasteiger partial charge >= 0.3 is 0 Å². The Morgan fingerprint density at radius 2 is 1.83 bits per heavy atom. The highest BCUT2D eigenvalue weighted by Crippen LogP contribution is 2.31. The molecule has 0 atom stereocenters. The average Bonchev–Trinajstić information content (AvgIpc) is 3.74. The summed E-state index contributed by atoms with van der Waals surface area (Å²) in [6.45, 7) is 3.57. The molecular formula is C25H27N5O4S. The normalized spacial score (nSPS) is 16.2. The summed E-state index contributed by atoms with van der Waals surface area (Å²) in [5.41, 5.74) is 1.63. The van der Waals surface area contributed by atoms with Gasteiger partial charge in [-0.3, -0.25) is 14.8 Å². The summed E-state index contributed by atoms with van der Waals surface area (Å²) >= 11 is 0. The van der Waals surface area contributed by atoms with Gasteiger partial charge in [0.05, 0.1) is 34.4 Å². The largest absolute Gasteiger partial charge is 0.473 e. The fourth-order valence-corrected chi connectivity index (χ4v) is 5.24. The number of Topliss-reactive ketones (excluding diaryl/α,β-unsaturated/α-hetero) is 1. The molecule has 0 unspecified atom stereocenters. The zero-order valence-electron chi connectivity index (χ0n) is 19.7. The van der Waals surface area contributed by atoms with Crippen LogP contribution >= 0.6 is 0 Å². The summed E-state index contributed by atoms with van der Waals surface area (Å²) in [6.07, 6.45) is 10.3. The van der Waals surface area contributed by atoms with Crippen LogP contribution in [0.1, 0.15) is 56.7 Å². The van der Waals surface area contributed by atoms with Gasteiger partial charge in [0.15, 0.2) is 9.84 Å². The number of pyridine rings is 1. The van der Waals surface area contributed by atoms with Gasteiger partial charge in [0.2, 0.25) is 5.88 Å². The van der Waals surface area contributed by atoms with Crippen LogP contribution in [0.15, 0.2) is 43.0 Å². The standard InChI is InChI=1S/C25H27N5O4S/c1-25(2,21-9-10-27-23(30-21)15-35(32,33)19-7-8-19)22(31)11-17-4-3-16(12-28-17)20-13-26-14-24(29-20)34-18-5-6-18/h3-4,9-10,12-14,18-19H,5-8,11,15H2,1-2H3. The van der Waals surface area contributed by atoms with Crippen LogP contribution in [-0.2, 0) is 32.2 Å². The Hall–Kier alpha value is -3.27. The summed E-state index contributed by atoms with van der Waals surface area (Å²) in [4.78, 5) is 34.9. The molecule has 3 aromatic heterocycles. The Kier molecular flexibility index (Phi) is 6.08. The molecule has 0 bridgehead atoms. The molecule has 0 amide bonds. The van der Waals surface area contributed by atoms with Crippen LogP contribution in [-0.4, -0.2) is 50.5 Å². The van der Waals surface area contributed by atoms with E-state index in [2.05, 4.69) is 24.9 Å². The van der Waals surface area contributed by atoms with Crippen molar-refractivity contribution >= 4 is 15.6 Å². The van der Waals surface area contributed by atoms with E-state index in [9.17, 15) is 13.2 Å². The molecule has 0 aromatic carbocycles. The SMILES string of the molecule is CC(C)(C(=O)Cc1ccc(-c2cncc(OC3CC3)n2)cn1)c1ccnc(CS(=O)(=O)C2CC2)n1. The van der Waals surface area contributed by atoms with Crippen LogP contribution in [0.4, 0.5) is 0 Å². The topological polar surface area (TPSA) is 125 Å². The zero-order valence-corrected chi connectivity index (χ0v) is 20.5. The summed E-state index contributed by atoms with van der Waals surface area (Å²) in [5, 5.41) is -0.280. The van der Waals surface area contributed by atoms with Gasteiger partial charge in [0, 0.05) is 30.1 Å². The predicted molar refractivity (Wildman–Crippen MR) is 128 cm³/mol. The maximum Gasteiger partial charge on any atom is 0.233 e. The third-order valence-electron chi connectivity index (χ3n) is 6.29. The van der Waals surface area contributed by atoms with Crippen molar-refractivity contribution in [3.8, 4) is 17.1 Å². The van der Waals surface area contributed by atoms with Gasteiger partial charge in [-0.1, -0.05) is 0 Å². The lowest BCUT2D eigenvalue weighted by molar-refractivity contribution is -0.123. The van der Waals surface area contributed by atoms with Gasteiger partial charge < -0.3 is 4.74 Å². The smallest absolute Gasteiger partial charge is 0.233 e. The van der Waals surface area contributed by atoms with Crippen LogP contribution in [0, 0.1) is 0 Å². The van der Waals surface area contributed by atoms with Gasteiger partial charge in [-0.25, -0.2) is 23.4 Å². The lowest BCUT2D eigenvalue weighted by Crippen LogP contribution is -2.32. The minimum absolute atomic E-state index is 0.0768. The van der Waals surface area contributed by atoms with Crippen molar-refractivity contribution < 1.29 is 17.9 Å². The van der Waals surface area contributed by atoms with E-state index in [4.69, 9.17) is 4.74 Å². The van der Waals surface area contributed by atoms with Crippen LogP contribution in [0.5, 0.6) is 5.88 Å². The molecule has 9 nitrogen and oxygen atoms in total. The highest BCUT2D eigenvalue weighted by atomic mass is 32.2. The molecule has 10 heteroatoms. The second kappa shape index (κ2) is 9.07. The Morgan fingerprint density at radius 1 is 1.03 bits per heavy atom. The molecule has 0 aliphatic heterocycles. The second-order valence-corrected chi connectivity index (χ2v) is 12.0. The Labute approximate surface area is 204 Å². The Balaban J connectivity index is 1.27. The molecule has 0 saturated heterocycles. The molecule has 3 aromatic rings. The van der Waals surface area contributed by atoms with E-state index in [1.165, 1.54) is 6.20 Å². The predicted octanol–water partition coefficient (Wildman–Crippen LogP) is 3.04. The van der Waals surface area contributed by atoms with Crippen LogP contribution in [0.3, 0.4) is 0 Å². The molecule has 3 heterocycles. The van der Waals surface area contributed by atoms with E-state index in [0.717, 1.165) is 18.4 Å². The highest BCUT2D eigenvalue weighted by Gasteiger charge is 2.37. The van der Waals surface area contributed by atoms with E-state index < -0.39 is 15.3 Å². The summed E-state index contributed by atoms with van der Waals surface area (Å²) in [5.74, 6) is 0.452. The number of rotatable bonds is 10. The maximum atomic E-state index is 13.2. The fourth-order valence-electron chi connectivity index (χ4n) is 3.65. The molecule has 35 heavy (non-hydrogen) atoms. The molecule has 5 rings (SSSR count). The Morgan fingerprint density at radius 3 is 2.51 bits per heavy atom. The molecule has 0 radical (unpaired) electrons. The third-order valence-corrected chi connectivity index (χ3v) is 8.44. The van der Waals surface area contributed by atoms with Crippen molar-refractivity contribution in [3.63, 3.8) is 0 Å². The maximum absolute atomic E-state index is 13.2. The molecule has 182 valence electrons. The summed E-state index contributed by atoms with van der Waals surface area (Å²) in [6, 6.07) is 5.32. The molecule has 2 fully saturated rings. The monoisotopic (exact) mass is 493 g/mol. The number of ether oxygens (including phenoxy) is 1. The number of carbonyl (C=O) groups excluding carboxylic acids is 1. The van der Waals surface area contributed by atoms with E-state index in [0.29, 0.717) is 35.8 Å².